The SMILES string of the molecule is CC(=O)OCC1COc2ccccc2C1OC(C)=O. The molecular formula is C14H16O5. The zero-order chi connectivity index (χ0) is 13.8. The van der Waals surface area contributed by atoms with Crippen molar-refractivity contribution in [1.29, 1.82) is 0 Å². The molecular weight excluding hydrogens is 248 g/mol. The Balaban J connectivity index is 2.21. The van der Waals surface area contributed by atoms with E-state index in [9.17, 15) is 9.59 Å². The minimum atomic E-state index is -0.443. The fourth-order valence-electron chi connectivity index (χ4n) is 2.08. The summed E-state index contributed by atoms with van der Waals surface area (Å²) < 4.78 is 15.9. The zero-order valence-corrected chi connectivity index (χ0v) is 10.9. The first kappa shape index (κ1) is 13.4. The smallest absolute Gasteiger partial charge is 0.303 e. The highest BCUT2D eigenvalue weighted by molar-refractivity contribution is 5.67. The Labute approximate surface area is 111 Å². The second-order valence-corrected chi connectivity index (χ2v) is 4.44. The van der Waals surface area contributed by atoms with Gasteiger partial charge in [-0.3, -0.25) is 9.59 Å². The number of esters is 2. The van der Waals surface area contributed by atoms with Gasteiger partial charge in [-0.05, 0) is 6.07 Å². The summed E-state index contributed by atoms with van der Waals surface area (Å²) in [5.74, 6) is -0.217. The number of hydrogen-bond acceptors (Lipinski definition) is 5. The van der Waals surface area contributed by atoms with Crippen LogP contribution in [0, 0.1) is 5.92 Å². The van der Waals surface area contributed by atoms with Crippen LogP contribution in [0.1, 0.15) is 25.5 Å². The lowest BCUT2D eigenvalue weighted by Crippen LogP contribution is -2.32. The van der Waals surface area contributed by atoms with Gasteiger partial charge >= 0.3 is 11.9 Å². The molecule has 0 aliphatic carbocycles. The van der Waals surface area contributed by atoms with Crippen LogP contribution in [0.15, 0.2) is 24.3 Å². The highest BCUT2D eigenvalue weighted by Crippen LogP contribution is 2.37. The first-order valence-electron chi connectivity index (χ1n) is 6.10. The van der Waals surface area contributed by atoms with Crippen LogP contribution in [0.2, 0.25) is 0 Å². The molecule has 1 aliphatic rings. The Hall–Kier alpha value is -2.04. The van der Waals surface area contributed by atoms with Gasteiger partial charge in [0, 0.05) is 19.4 Å². The van der Waals surface area contributed by atoms with Crippen molar-refractivity contribution in [2.45, 2.75) is 20.0 Å². The Kier molecular flexibility index (Phi) is 4.04. The standard InChI is InChI=1S/C14H16O5/c1-9(15)17-7-11-8-18-13-6-4-3-5-12(13)14(11)19-10(2)16/h3-6,11,14H,7-8H2,1-2H3. The molecule has 0 saturated carbocycles. The van der Waals surface area contributed by atoms with Crippen LogP contribution in [0.3, 0.4) is 0 Å². The van der Waals surface area contributed by atoms with E-state index in [0.717, 1.165) is 5.56 Å². The monoisotopic (exact) mass is 264 g/mol. The highest BCUT2D eigenvalue weighted by Gasteiger charge is 2.34. The number of benzene rings is 1. The van der Waals surface area contributed by atoms with Crippen molar-refractivity contribution in [3.8, 4) is 5.75 Å². The number of ether oxygens (including phenoxy) is 3. The van der Waals surface area contributed by atoms with Crippen LogP contribution in [-0.4, -0.2) is 25.2 Å². The number of carbonyl (C=O) groups excluding carboxylic acids is 2. The van der Waals surface area contributed by atoms with Gasteiger partial charge in [-0.25, -0.2) is 0 Å². The molecule has 0 amide bonds. The molecule has 1 aromatic rings. The topological polar surface area (TPSA) is 61.8 Å². The van der Waals surface area contributed by atoms with E-state index in [1.54, 1.807) is 0 Å². The molecule has 2 rings (SSSR count). The number of rotatable bonds is 3. The summed E-state index contributed by atoms with van der Waals surface area (Å²) in [6.07, 6.45) is -0.443. The van der Waals surface area contributed by atoms with Crippen molar-refractivity contribution >= 4 is 11.9 Å². The quantitative estimate of drug-likeness (QED) is 0.780. The van der Waals surface area contributed by atoms with Crippen molar-refractivity contribution in [3.05, 3.63) is 29.8 Å². The van der Waals surface area contributed by atoms with E-state index in [-0.39, 0.29) is 24.5 Å². The Morgan fingerprint density at radius 2 is 2.00 bits per heavy atom. The van der Waals surface area contributed by atoms with E-state index in [1.807, 2.05) is 24.3 Å². The maximum absolute atomic E-state index is 11.2. The molecule has 19 heavy (non-hydrogen) atoms. The normalized spacial score (nSPS) is 20.9. The van der Waals surface area contributed by atoms with Gasteiger partial charge in [0.1, 0.15) is 18.5 Å². The average Bonchev–Trinajstić information content (AvgIpc) is 2.37. The summed E-state index contributed by atoms with van der Waals surface area (Å²) >= 11 is 0. The van der Waals surface area contributed by atoms with Crippen LogP contribution in [0.4, 0.5) is 0 Å². The number of fused-ring (bicyclic) bond motifs is 1. The third-order valence-electron chi connectivity index (χ3n) is 2.90. The number of carbonyl (C=O) groups is 2. The van der Waals surface area contributed by atoms with E-state index >= 15 is 0 Å². The molecule has 2 unspecified atom stereocenters. The van der Waals surface area contributed by atoms with Gasteiger partial charge in [-0.2, -0.15) is 0 Å². The van der Waals surface area contributed by atoms with Crippen molar-refractivity contribution < 1.29 is 23.8 Å². The van der Waals surface area contributed by atoms with Crippen molar-refractivity contribution in [2.24, 2.45) is 5.92 Å². The lowest BCUT2D eigenvalue weighted by Gasteiger charge is -2.32. The molecule has 102 valence electrons. The van der Waals surface area contributed by atoms with Crippen LogP contribution in [-0.2, 0) is 19.1 Å². The van der Waals surface area contributed by atoms with E-state index in [2.05, 4.69) is 0 Å². The molecule has 1 heterocycles. The molecule has 0 N–H and O–H groups in total. The molecule has 0 saturated heterocycles. The Morgan fingerprint density at radius 1 is 1.26 bits per heavy atom. The van der Waals surface area contributed by atoms with Gasteiger partial charge in [-0.15, -0.1) is 0 Å². The van der Waals surface area contributed by atoms with E-state index in [4.69, 9.17) is 14.2 Å². The fraction of sp³-hybridized carbons (Fsp3) is 0.429. The van der Waals surface area contributed by atoms with Crippen molar-refractivity contribution in [1.82, 2.24) is 0 Å². The second-order valence-electron chi connectivity index (χ2n) is 4.44. The van der Waals surface area contributed by atoms with Gasteiger partial charge in [-0.1, -0.05) is 18.2 Å². The summed E-state index contributed by atoms with van der Waals surface area (Å²) in [5.41, 5.74) is 0.807. The van der Waals surface area contributed by atoms with Crippen LogP contribution in [0.25, 0.3) is 0 Å². The Bertz CT molecular complexity index is 482. The fourth-order valence-corrected chi connectivity index (χ4v) is 2.08. The van der Waals surface area contributed by atoms with Gasteiger partial charge < -0.3 is 14.2 Å². The molecule has 1 aromatic carbocycles. The molecule has 0 spiro atoms. The molecule has 0 radical (unpaired) electrons. The number of para-hydroxylation sites is 1. The Morgan fingerprint density at radius 3 is 2.68 bits per heavy atom. The lowest BCUT2D eigenvalue weighted by atomic mass is 9.93. The number of hydrogen-bond donors (Lipinski definition) is 0. The molecule has 0 bridgehead atoms. The third-order valence-corrected chi connectivity index (χ3v) is 2.90. The van der Waals surface area contributed by atoms with Crippen LogP contribution < -0.4 is 4.74 Å². The molecule has 2 atom stereocenters. The predicted molar refractivity (Wildman–Crippen MR) is 66.6 cm³/mol. The summed E-state index contributed by atoms with van der Waals surface area (Å²) in [6, 6.07) is 7.39. The van der Waals surface area contributed by atoms with Gasteiger partial charge in [0.25, 0.3) is 0 Å². The third kappa shape index (κ3) is 3.24. The molecule has 5 nitrogen and oxygen atoms in total. The van der Waals surface area contributed by atoms with Gasteiger partial charge in [0.15, 0.2) is 0 Å². The maximum atomic E-state index is 11.2. The van der Waals surface area contributed by atoms with Crippen molar-refractivity contribution in [2.75, 3.05) is 13.2 Å². The van der Waals surface area contributed by atoms with E-state index in [0.29, 0.717) is 12.4 Å². The minimum Gasteiger partial charge on any atom is -0.493 e. The molecule has 0 fully saturated rings. The zero-order valence-electron chi connectivity index (χ0n) is 10.9. The molecule has 0 aromatic heterocycles. The first-order valence-corrected chi connectivity index (χ1v) is 6.10. The first-order chi connectivity index (χ1) is 9.08. The van der Waals surface area contributed by atoms with Crippen LogP contribution in [0.5, 0.6) is 5.75 Å². The van der Waals surface area contributed by atoms with Gasteiger partial charge in [0.05, 0.1) is 12.5 Å². The summed E-state index contributed by atoms with van der Waals surface area (Å²) in [7, 11) is 0. The average molecular weight is 264 g/mol. The highest BCUT2D eigenvalue weighted by atomic mass is 16.6. The largest absolute Gasteiger partial charge is 0.493 e. The maximum Gasteiger partial charge on any atom is 0.303 e. The van der Waals surface area contributed by atoms with Crippen molar-refractivity contribution in [3.63, 3.8) is 0 Å². The van der Waals surface area contributed by atoms with E-state index in [1.165, 1.54) is 13.8 Å². The van der Waals surface area contributed by atoms with Crippen LogP contribution >= 0.6 is 0 Å². The second kappa shape index (κ2) is 5.73. The lowest BCUT2D eigenvalue weighted by molar-refractivity contribution is -0.155. The summed E-state index contributed by atoms with van der Waals surface area (Å²) in [6.45, 7) is 3.23. The van der Waals surface area contributed by atoms with E-state index < -0.39 is 6.10 Å². The molecule has 5 heteroatoms. The molecule has 1 aliphatic heterocycles. The summed E-state index contributed by atoms with van der Waals surface area (Å²) in [4.78, 5) is 22.1. The minimum absolute atomic E-state index is 0.168. The van der Waals surface area contributed by atoms with Gasteiger partial charge in [0.2, 0.25) is 0 Å². The summed E-state index contributed by atoms with van der Waals surface area (Å²) in [5, 5.41) is 0. The predicted octanol–water partition coefficient (Wildman–Crippen LogP) is 1.86.